The number of pyridine rings is 3. The van der Waals surface area contributed by atoms with Crippen LogP contribution in [-0.4, -0.2) is 186 Å². The molecule has 9 heterocycles. The number of halogens is 9. The Bertz CT molecular complexity index is 3610. The summed E-state index contributed by atoms with van der Waals surface area (Å²) in [6, 6.07) is 11.7. The van der Waals surface area contributed by atoms with Gasteiger partial charge in [-0.05, 0) is 172 Å². The second-order valence-corrected chi connectivity index (χ2v) is 30.2. The summed E-state index contributed by atoms with van der Waals surface area (Å²) >= 11 is 0. The zero-order chi connectivity index (χ0) is 70.5. The van der Waals surface area contributed by atoms with Crippen LogP contribution in [0.15, 0.2) is 55.0 Å². The molecule has 540 valence electrons. The zero-order valence-electron chi connectivity index (χ0n) is 58.1. The molecule has 9 fully saturated rings. The van der Waals surface area contributed by atoms with Gasteiger partial charge in [-0.15, -0.1) is 13.2 Å². The first kappa shape index (κ1) is 70.8. The van der Waals surface area contributed by atoms with Gasteiger partial charge in [0.15, 0.2) is 11.6 Å². The van der Waals surface area contributed by atoms with E-state index in [1.54, 1.807) is 0 Å². The maximum atomic E-state index is 13.3. The lowest BCUT2D eigenvalue weighted by atomic mass is 10.0. The van der Waals surface area contributed by atoms with Crippen LogP contribution in [0.5, 0.6) is 5.75 Å². The number of hydrogen-bond acceptors (Lipinski definition) is 16. The zero-order valence-corrected chi connectivity index (χ0v) is 58.1. The summed E-state index contributed by atoms with van der Waals surface area (Å²) in [5.74, 6) is 4.04. The van der Waals surface area contributed by atoms with Crippen molar-refractivity contribution in [2.24, 2.45) is 41.4 Å². The quantitative estimate of drug-likeness (QED) is 0.0726. The van der Waals surface area contributed by atoms with E-state index in [0.29, 0.717) is 111 Å². The van der Waals surface area contributed by atoms with Gasteiger partial charge in [-0.1, -0.05) is 13.8 Å². The minimum absolute atomic E-state index is 0.136. The van der Waals surface area contributed by atoms with Crippen molar-refractivity contribution >= 4 is 17.5 Å². The minimum atomic E-state index is -4.84. The second-order valence-electron chi connectivity index (χ2n) is 30.2. The maximum Gasteiger partial charge on any atom is 0.573 e. The Balaban J connectivity index is 0.000000133. The van der Waals surface area contributed by atoms with Crippen LogP contribution in [0.1, 0.15) is 158 Å². The molecule has 28 heteroatoms. The Morgan fingerprint density at radius 1 is 0.495 bits per heavy atom. The highest BCUT2D eigenvalue weighted by molar-refractivity contribution is 5.66. The summed E-state index contributed by atoms with van der Waals surface area (Å²) < 4.78 is 133. The van der Waals surface area contributed by atoms with Gasteiger partial charge >= 0.3 is 18.7 Å². The third kappa shape index (κ3) is 14.9. The predicted octanol–water partition coefficient (Wildman–Crippen LogP) is 12.6. The molecule has 0 amide bonds. The molecule has 6 aromatic heterocycles. The van der Waals surface area contributed by atoms with Crippen LogP contribution in [0.3, 0.4) is 0 Å². The van der Waals surface area contributed by atoms with Gasteiger partial charge in [0.2, 0.25) is 0 Å². The molecular formula is C71H96F9N17O2. The predicted molar refractivity (Wildman–Crippen MR) is 360 cm³/mol. The number of nitrogen functional groups attached to an aromatic ring is 3. The lowest BCUT2D eigenvalue weighted by molar-refractivity contribution is -0.274. The molecule has 0 bridgehead atoms. The summed E-state index contributed by atoms with van der Waals surface area (Å²) in [6.07, 6.45) is -2.51. The van der Waals surface area contributed by atoms with Gasteiger partial charge in [0.05, 0.1) is 41.4 Å². The lowest BCUT2D eigenvalue weighted by Crippen LogP contribution is -2.49. The molecule has 9 aliphatic rings. The number of aromatic nitrogens is 9. The van der Waals surface area contributed by atoms with Crippen LogP contribution in [0, 0.1) is 41.4 Å². The first-order valence-corrected chi connectivity index (χ1v) is 35.6. The Morgan fingerprint density at radius 2 is 0.838 bits per heavy atom. The van der Waals surface area contributed by atoms with E-state index in [9.17, 15) is 39.5 Å². The van der Waals surface area contributed by atoms with E-state index in [1.165, 1.54) is 63.2 Å². The number of fused-ring (bicyclic) bond motifs is 3. The van der Waals surface area contributed by atoms with E-state index in [-0.39, 0.29) is 23.9 Å². The van der Waals surface area contributed by atoms with Crippen LogP contribution >= 0.6 is 0 Å². The van der Waals surface area contributed by atoms with E-state index in [2.05, 4.69) is 107 Å². The van der Waals surface area contributed by atoms with Gasteiger partial charge in [-0.2, -0.15) is 41.6 Å². The van der Waals surface area contributed by atoms with Crippen molar-refractivity contribution < 1.29 is 49.0 Å². The van der Waals surface area contributed by atoms with Crippen LogP contribution in [0.2, 0.25) is 0 Å². The van der Waals surface area contributed by atoms with Gasteiger partial charge in [0.1, 0.15) is 11.6 Å². The fourth-order valence-electron chi connectivity index (χ4n) is 17.7. The molecule has 12 atom stereocenters. The Hall–Kier alpha value is -6.59. The van der Waals surface area contributed by atoms with E-state index >= 15 is 0 Å². The summed E-state index contributed by atoms with van der Waals surface area (Å²) in [6.45, 7) is 31.2. The van der Waals surface area contributed by atoms with Crippen molar-refractivity contribution in [3.63, 3.8) is 0 Å². The summed E-state index contributed by atoms with van der Waals surface area (Å²) in [4.78, 5) is 24.3. The Labute approximate surface area is 573 Å². The number of alkyl halides is 9. The van der Waals surface area contributed by atoms with Crippen LogP contribution < -0.4 is 21.9 Å². The largest absolute Gasteiger partial charge is 0.573 e. The van der Waals surface area contributed by atoms with Crippen LogP contribution in [0.25, 0.3) is 33.8 Å². The second kappa shape index (κ2) is 27.6. The molecule has 0 aromatic carbocycles. The molecule has 19 nitrogen and oxygen atoms in total. The molecule has 3 aliphatic heterocycles. The topological polar surface area (TPSA) is 205 Å². The molecule has 0 spiro atoms. The lowest BCUT2D eigenvalue weighted by Gasteiger charge is -2.38. The minimum Gasteiger partial charge on any atom is -0.402 e. The molecule has 15 rings (SSSR count). The van der Waals surface area contributed by atoms with E-state index < -0.39 is 47.2 Å². The van der Waals surface area contributed by atoms with Gasteiger partial charge in [0, 0.05) is 171 Å². The Morgan fingerprint density at radius 3 is 1.15 bits per heavy atom. The monoisotopic (exact) mass is 1390 g/mol. The molecule has 0 radical (unpaired) electrons. The highest BCUT2D eigenvalue weighted by atomic mass is 19.4. The van der Waals surface area contributed by atoms with Crippen LogP contribution in [-0.2, 0) is 17.1 Å². The van der Waals surface area contributed by atoms with Crippen LogP contribution in [0.4, 0.5) is 57.0 Å². The van der Waals surface area contributed by atoms with Crippen molar-refractivity contribution in [2.75, 3.05) is 109 Å². The number of rotatable bonds is 17. The smallest absolute Gasteiger partial charge is 0.402 e. The number of hydrogen-bond donors (Lipinski definition) is 3. The molecule has 6 aromatic rings. The summed E-state index contributed by atoms with van der Waals surface area (Å²) in [5.41, 5.74) is 21.0. The molecule has 6 aliphatic carbocycles. The number of piperazine rings is 2. The number of nitrogens with zero attached hydrogens (tertiary/aromatic N) is 14. The molecule has 6 unspecified atom stereocenters. The molecule has 3 saturated heterocycles. The highest BCUT2D eigenvalue weighted by Gasteiger charge is 2.61. The fourth-order valence-corrected chi connectivity index (χ4v) is 17.7. The van der Waals surface area contributed by atoms with E-state index in [1.807, 2.05) is 32.2 Å². The number of likely N-dealkylation sites (N-methyl/N-ethyl adjacent to an activating group) is 2. The third-order valence-electron chi connectivity index (χ3n) is 23.1. The van der Waals surface area contributed by atoms with E-state index in [4.69, 9.17) is 37.2 Å². The third-order valence-corrected chi connectivity index (χ3v) is 23.1. The van der Waals surface area contributed by atoms with Crippen molar-refractivity contribution in [3.05, 3.63) is 83.2 Å². The Kier molecular flexibility index (Phi) is 19.8. The number of ether oxygens (including phenoxy) is 2. The molecule has 6 saturated carbocycles. The van der Waals surface area contributed by atoms with Crippen molar-refractivity contribution in [1.82, 2.24) is 68.8 Å². The summed E-state index contributed by atoms with van der Waals surface area (Å²) in [5, 5.41) is 14.1. The van der Waals surface area contributed by atoms with Gasteiger partial charge in [-0.25, -0.2) is 15.0 Å². The average molecular weight is 1390 g/mol. The van der Waals surface area contributed by atoms with Gasteiger partial charge < -0.3 is 41.4 Å². The van der Waals surface area contributed by atoms with Crippen molar-refractivity contribution in [3.8, 4) is 39.5 Å². The van der Waals surface area contributed by atoms with Crippen molar-refractivity contribution in [1.29, 1.82) is 0 Å². The number of nitrogens with two attached hydrogens (primary N) is 3. The molecule has 6 N–H and O–H groups in total. The van der Waals surface area contributed by atoms with Gasteiger partial charge in [0.25, 0.3) is 0 Å². The first-order valence-electron chi connectivity index (χ1n) is 35.6. The van der Waals surface area contributed by atoms with E-state index in [0.717, 1.165) is 114 Å². The first-order chi connectivity index (χ1) is 46.9. The maximum absolute atomic E-state index is 13.3. The summed E-state index contributed by atoms with van der Waals surface area (Å²) in [7, 11) is 2.22. The highest BCUT2D eigenvalue weighted by Crippen LogP contribution is 2.67. The number of anilines is 3. The average Bonchev–Trinajstić information content (AvgIpc) is 1.57. The molecule has 99 heavy (non-hydrogen) atoms. The fraction of sp³-hybridized carbons (Fsp3) is 0.662. The SMILES string of the molecule is CC(C)n1nc(-c2cnc(N)c(OC(F)(F)F)c2)cc1C1[C@H]2CC(N(C)CC3COC3)C[C@@H]12.CCN1CCN(C2C[C@@H]3C(c4cc(-c5cnc(N)c(C(F)(F)F)c5)nn4C(C)C)[C@@H]3C2)CC1.CCN1CCN(C2C[C@@H]3C(c4cc(-c5cnc(N)c(C(F)(F)F)c5)nn4C(C)C)[C@@H]3C2)CC1. The van der Waals surface area contributed by atoms with Gasteiger partial charge in [-0.3, -0.25) is 23.8 Å². The van der Waals surface area contributed by atoms with Crippen molar-refractivity contribution in [2.45, 2.75) is 167 Å². The normalized spacial score (nSPS) is 28.0. The standard InChI is InChI=1S/2C24H33F3N6.C23H30F3N5O2/c2*1-4-31-5-7-32(8-6-31)16-10-17-18(11-16)22(17)21-12-20(30-33(21)14(2)3)15-9-19(24(25,26)27)23(28)29-13-15;1-12(2)31-19(21-16-5-15(6-17(16)21)30(3)9-13-10-32-11-13)7-18(29-31)14-4-20(22(27)28-8-14)33-23(24,25)26/h2*9,12-14,16-18,22H,4-8,10-11H2,1-3H3,(H2,28,29);4,7-8,12-13,15-17,21H,5-6,9-11H2,1-3H3,(H2,27,28)/t2*16?,17-,18+,22?;15?,16-,17+,21?. The molecular weight excluding hydrogens is 1290 g/mol.